The quantitative estimate of drug-likeness (QED) is 0.626. The number of phenolic OH excluding ortho intramolecular Hbond substituents is 1. The van der Waals surface area contributed by atoms with E-state index >= 15 is 0 Å². The van der Waals surface area contributed by atoms with Crippen LogP contribution in [0.15, 0.2) is 18.2 Å². The third-order valence-corrected chi connectivity index (χ3v) is 1.57. The maximum Gasteiger partial charge on any atom is 0.238 e. The number of hydrogen-bond acceptors (Lipinski definition) is 3. The maximum absolute atomic E-state index is 12.5. The fraction of sp³-hybridized carbons (Fsp3) is 0.222. The minimum atomic E-state index is -0.547. The molecule has 0 heterocycles. The Hall–Kier alpha value is -1.62. The number of amides is 1. The average molecular weight is 198 g/mol. The molecule has 3 N–H and O–H groups in total. The van der Waals surface area contributed by atoms with Crippen LogP contribution >= 0.6 is 0 Å². The van der Waals surface area contributed by atoms with Gasteiger partial charge in [-0.3, -0.25) is 4.79 Å². The molecule has 1 aromatic rings. The largest absolute Gasteiger partial charge is 0.506 e. The van der Waals surface area contributed by atoms with Crippen molar-refractivity contribution in [3.63, 3.8) is 0 Å². The van der Waals surface area contributed by atoms with Crippen LogP contribution in [-0.4, -0.2) is 24.6 Å². The van der Waals surface area contributed by atoms with E-state index in [0.717, 1.165) is 12.1 Å². The molecular formula is C9H11FN2O2. The highest BCUT2D eigenvalue weighted by Crippen LogP contribution is 2.23. The Morgan fingerprint density at radius 3 is 2.86 bits per heavy atom. The van der Waals surface area contributed by atoms with Crippen LogP contribution in [0, 0.1) is 5.82 Å². The number of rotatable bonds is 3. The van der Waals surface area contributed by atoms with Crippen LogP contribution in [0.2, 0.25) is 0 Å². The van der Waals surface area contributed by atoms with Gasteiger partial charge in [0.1, 0.15) is 11.6 Å². The molecule has 14 heavy (non-hydrogen) atoms. The summed E-state index contributed by atoms with van der Waals surface area (Å²) in [5.74, 6) is -1.13. The van der Waals surface area contributed by atoms with E-state index in [4.69, 9.17) is 0 Å². The average Bonchev–Trinajstić information content (AvgIpc) is 2.10. The fourth-order valence-electron chi connectivity index (χ4n) is 0.965. The molecule has 76 valence electrons. The van der Waals surface area contributed by atoms with Gasteiger partial charge in [0, 0.05) is 6.07 Å². The number of phenols is 1. The lowest BCUT2D eigenvalue weighted by Crippen LogP contribution is -2.25. The first-order valence-electron chi connectivity index (χ1n) is 4.06. The summed E-state index contributed by atoms with van der Waals surface area (Å²) in [5, 5.41) is 14.3. The third kappa shape index (κ3) is 2.70. The maximum atomic E-state index is 12.5. The highest BCUT2D eigenvalue weighted by Gasteiger charge is 2.05. The van der Waals surface area contributed by atoms with Crippen molar-refractivity contribution in [1.29, 1.82) is 0 Å². The molecule has 0 bridgehead atoms. The van der Waals surface area contributed by atoms with Gasteiger partial charge < -0.3 is 15.7 Å². The van der Waals surface area contributed by atoms with E-state index < -0.39 is 5.82 Å². The second-order valence-electron chi connectivity index (χ2n) is 2.74. The number of carbonyl (C=O) groups is 1. The fourth-order valence-corrected chi connectivity index (χ4v) is 0.965. The number of carbonyl (C=O) groups excluding carboxylic acids is 1. The molecule has 4 nitrogen and oxygen atoms in total. The van der Waals surface area contributed by atoms with Gasteiger partial charge in [0.2, 0.25) is 5.91 Å². The smallest absolute Gasteiger partial charge is 0.238 e. The van der Waals surface area contributed by atoms with Gasteiger partial charge in [0.05, 0.1) is 12.2 Å². The summed E-state index contributed by atoms with van der Waals surface area (Å²) < 4.78 is 12.5. The second-order valence-corrected chi connectivity index (χ2v) is 2.74. The van der Waals surface area contributed by atoms with E-state index in [-0.39, 0.29) is 23.9 Å². The molecule has 1 aromatic carbocycles. The van der Waals surface area contributed by atoms with Crippen molar-refractivity contribution in [2.75, 3.05) is 18.9 Å². The normalized spacial score (nSPS) is 9.86. The van der Waals surface area contributed by atoms with E-state index in [0.29, 0.717) is 0 Å². The number of aromatic hydroxyl groups is 1. The molecule has 0 unspecified atom stereocenters. The summed E-state index contributed by atoms with van der Waals surface area (Å²) in [4.78, 5) is 11.1. The number of nitrogens with one attached hydrogen (secondary N) is 2. The number of halogens is 1. The van der Waals surface area contributed by atoms with Gasteiger partial charge in [-0.05, 0) is 19.2 Å². The molecule has 5 heteroatoms. The van der Waals surface area contributed by atoms with E-state index in [1.807, 2.05) is 0 Å². The van der Waals surface area contributed by atoms with E-state index in [2.05, 4.69) is 10.6 Å². The van der Waals surface area contributed by atoms with Crippen molar-refractivity contribution in [1.82, 2.24) is 5.32 Å². The van der Waals surface area contributed by atoms with Crippen molar-refractivity contribution >= 4 is 11.6 Å². The first-order chi connectivity index (χ1) is 6.63. The molecule has 0 radical (unpaired) electrons. The van der Waals surface area contributed by atoms with Gasteiger partial charge in [-0.15, -0.1) is 0 Å². The highest BCUT2D eigenvalue weighted by molar-refractivity contribution is 5.93. The number of likely N-dealkylation sites (N-methyl/N-ethyl adjacent to an activating group) is 1. The van der Waals surface area contributed by atoms with Gasteiger partial charge >= 0.3 is 0 Å². The van der Waals surface area contributed by atoms with Crippen molar-refractivity contribution in [3.8, 4) is 5.75 Å². The van der Waals surface area contributed by atoms with Gasteiger partial charge in [-0.2, -0.15) is 0 Å². The van der Waals surface area contributed by atoms with E-state index in [1.54, 1.807) is 7.05 Å². The molecule has 0 aliphatic carbocycles. The topological polar surface area (TPSA) is 61.4 Å². The molecule has 0 saturated heterocycles. The summed E-state index contributed by atoms with van der Waals surface area (Å²) in [7, 11) is 1.63. The van der Waals surface area contributed by atoms with Gasteiger partial charge in [-0.1, -0.05) is 0 Å². The van der Waals surface area contributed by atoms with Crippen LogP contribution < -0.4 is 10.6 Å². The Labute approximate surface area is 80.7 Å². The predicted octanol–water partition coefficient (Wildman–Crippen LogP) is 0.689. The zero-order chi connectivity index (χ0) is 10.6. The highest BCUT2D eigenvalue weighted by atomic mass is 19.1. The summed E-state index contributed by atoms with van der Waals surface area (Å²) in [6.45, 7) is 0.136. The standard InChI is InChI=1S/C9H11FN2O2/c1-11-5-9(14)12-7-3-2-6(10)4-8(7)13/h2-4,11,13H,5H2,1H3,(H,12,14). The lowest BCUT2D eigenvalue weighted by molar-refractivity contribution is -0.115. The molecular weight excluding hydrogens is 187 g/mol. The molecule has 0 aliphatic heterocycles. The van der Waals surface area contributed by atoms with Crippen molar-refractivity contribution < 1.29 is 14.3 Å². The zero-order valence-electron chi connectivity index (χ0n) is 7.67. The van der Waals surface area contributed by atoms with Crippen molar-refractivity contribution in [3.05, 3.63) is 24.0 Å². The molecule has 0 aliphatic rings. The Balaban J connectivity index is 2.72. The Morgan fingerprint density at radius 1 is 1.57 bits per heavy atom. The Morgan fingerprint density at radius 2 is 2.29 bits per heavy atom. The summed E-state index contributed by atoms with van der Waals surface area (Å²) >= 11 is 0. The SMILES string of the molecule is CNCC(=O)Nc1ccc(F)cc1O. The van der Waals surface area contributed by atoms with Crippen molar-refractivity contribution in [2.24, 2.45) is 0 Å². The lowest BCUT2D eigenvalue weighted by atomic mass is 10.3. The van der Waals surface area contributed by atoms with Crippen LogP contribution in [0.1, 0.15) is 0 Å². The minimum absolute atomic E-state index is 0.136. The van der Waals surface area contributed by atoms with Gasteiger partial charge in [-0.25, -0.2) is 4.39 Å². The van der Waals surface area contributed by atoms with E-state index in [9.17, 15) is 14.3 Å². The second kappa shape index (κ2) is 4.57. The summed E-state index contributed by atoms with van der Waals surface area (Å²) in [6.07, 6.45) is 0. The first kappa shape index (κ1) is 10.5. The predicted molar refractivity (Wildman–Crippen MR) is 50.6 cm³/mol. The van der Waals surface area contributed by atoms with Crippen molar-refractivity contribution in [2.45, 2.75) is 0 Å². The molecule has 0 saturated carbocycles. The van der Waals surface area contributed by atoms with Crippen LogP contribution in [0.3, 0.4) is 0 Å². The molecule has 1 rings (SSSR count). The number of benzene rings is 1. The van der Waals surface area contributed by atoms with Crippen LogP contribution in [0.5, 0.6) is 5.75 Å². The van der Waals surface area contributed by atoms with Crippen LogP contribution in [0.25, 0.3) is 0 Å². The molecule has 0 fully saturated rings. The van der Waals surface area contributed by atoms with Gasteiger partial charge in [0.25, 0.3) is 0 Å². The number of anilines is 1. The molecule has 0 spiro atoms. The van der Waals surface area contributed by atoms with Gasteiger partial charge in [0.15, 0.2) is 0 Å². The third-order valence-electron chi connectivity index (χ3n) is 1.57. The minimum Gasteiger partial charge on any atom is -0.506 e. The van der Waals surface area contributed by atoms with Crippen LogP contribution in [0.4, 0.5) is 10.1 Å². The summed E-state index contributed by atoms with van der Waals surface area (Å²) in [5.41, 5.74) is 0.201. The Kier molecular flexibility index (Phi) is 3.41. The molecule has 0 atom stereocenters. The van der Waals surface area contributed by atoms with Crippen LogP contribution in [-0.2, 0) is 4.79 Å². The first-order valence-corrected chi connectivity index (χ1v) is 4.06. The lowest BCUT2D eigenvalue weighted by Gasteiger charge is -2.06. The molecule has 1 amide bonds. The zero-order valence-corrected chi connectivity index (χ0v) is 7.67. The number of hydrogen-bond donors (Lipinski definition) is 3. The summed E-state index contributed by atoms with van der Waals surface area (Å²) in [6, 6.07) is 3.40. The monoisotopic (exact) mass is 198 g/mol. The van der Waals surface area contributed by atoms with E-state index in [1.165, 1.54) is 6.07 Å². The molecule has 0 aromatic heterocycles. The Bertz CT molecular complexity index is 342.